The van der Waals surface area contributed by atoms with E-state index in [2.05, 4.69) is 15.0 Å². The quantitative estimate of drug-likeness (QED) is 0.903. The Balaban J connectivity index is 1.62. The lowest BCUT2D eigenvalue weighted by Gasteiger charge is -2.33. The molecule has 19 heavy (non-hydrogen) atoms. The molecule has 0 amide bonds. The number of aliphatic hydroxyl groups excluding tert-OH is 1. The van der Waals surface area contributed by atoms with Crippen LogP contribution in [0.5, 0.6) is 0 Å². The van der Waals surface area contributed by atoms with E-state index in [0.29, 0.717) is 18.4 Å². The molecule has 5 heteroatoms. The molecule has 2 heterocycles. The highest BCUT2D eigenvalue weighted by Crippen LogP contribution is 2.32. The minimum atomic E-state index is 0.226. The van der Waals surface area contributed by atoms with Crippen molar-refractivity contribution in [3.05, 3.63) is 11.7 Å². The summed E-state index contributed by atoms with van der Waals surface area (Å²) in [6.45, 7) is 1.93. The Morgan fingerprint density at radius 3 is 2.74 bits per heavy atom. The molecule has 1 aromatic rings. The van der Waals surface area contributed by atoms with Crippen LogP contribution in [-0.4, -0.2) is 39.3 Å². The predicted octanol–water partition coefficient (Wildman–Crippen LogP) is 2.07. The zero-order chi connectivity index (χ0) is 13.1. The van der Waals surface area contributed by atoms with Crippen LogP contribution >= 0.6 is 0 Å². The molecule has 2 fully saturated rings. The van der Waals surface area contributed by atoms with Gasteiger partial charge in [0.25, 0.3) is 0 Å². The fourth-order valence-corrected chi connectivity index (χ4v) is 3.33. The highest BCUT2D eigenvalue weighted by Gasteiger charge is 2.26. The van der Waals surface area contributed by atoms with Crippen LogP contribution < -0.4 is 0 Å². The summed E-state index contributed by atoms with van der Waals surface area (Å²) in [4.78, 5) is 6.83. The maximum Gasteiger partial charge on any atom is 0.240 e. The third-order valence-electron chi connectivity index (χ3n) is 4.50. The first kappa shape index (κ1) is 13.1. The second-order valence-corrected chi connectivity index (χ2v) is 5.83. The van der Waals surface area contributed by atoms with Crippen molar-refractivity contribution in [2.24, 2.45) is 0 Å². The first-order valence-electron chi connectivity index (χ1n) is 7.54. The van der Waals surface area contributed by atoms with Crippen molar-refractivity contribution in [3.8, 4) is 0 Å². The molecule has 0 radical (unpaired) electrons. The van der Waals surface area contributed by atoms with Crippen LogP contribution in [-0.2, 0) is 6.54 Å². The average Bonchev–Trinajstić information content (AvgIpc) is 3.09. The molecule has 0 bridgehead atoms. The second kappa shape index (κ2) is 6.01. The largest absolute Gasteiger partial charge is 0.395 e. The zero-order valence-corrected chi connectivity index (χ0v) is 11.4. The Morgan fingerprint density at radius 1 is 1.16 bits per heavy atom. The summed E-state index contributed by atoms with van der Waals surface area (Å²) in [5.74, 6) is 2.11. The average molecular weight is 265 g/mol. The number of nitrogens with zero attached hydrogens (tertiary/aromatic N) is 3. The molecule has 1 aliphatic carbocycles. The van der Waals surface area contributed by atoms with Crippen molar-refractivity contribution in [1.29, 1.82) is 0 Å². The number of aliphatic hydroxyl groups is 1. The van der Waals surface area contributed by atoms with E-state index in [-0.39, 0.29) is 12.6 Å². The van der Waals surface area contributed by atoms with Gasteiger partial charge in [0.15, 0.2) is 5.82 Å². The number of aromatic nitrogens is 2. The number of hydrogen-bond acceptors (Lipinski definition) is 5. The molecule has 2 aliphatic rings. The first-order chi connectivity index (χ1) is 9.36. The summed E-state index contributed by atoms with van der Waals surface area (Å²) in [7, 11) is 0. The van der Waals surface area contributed by atoms with Crippen molar-refractivity contribution in [1.82, 2.24) is 15.0 Å². The van der Waals surface area contributed by atoms with Crippen LogP contribution in [0.3, 0.4) is 0 Å². The lowest BCUT2D eigenvalue weighted by Crippen LogP contribution is -2.41. The Labute approximate surface area is 114 Å². The minimum Gasteiger partial charge on any atom is -0.395 e. The van der Waals surface area contributed by atoms with Gasteiger partial charge < -0.3 is 9.63 Å². The third-order valence-corrected chi connectivity index (χ3v) is 4.50. The van der Waals surface area contributed by atoms with Crippen LogP contribution in [0.15, 0.2) is 4.52 Å². The first-order valence-corrected chi connectivity index (χ1v) is 7.54. The van der Waals surface area contributed by atoms with Gasteiger partial charge in [0.1, 0.15) is 0 Å². The second-order valence-electron chi connectivity index (χ2n) is 5.83. The molecule has 0 spiro atoms. The Hall–Kier alpha value is -0.940. The van der Waals surface area contributed by atoms with Gasteiger partial charge in [-0.15, -0.1) is 0 Å². The lowest BCUT2D eigenvalue weighted by atomic mass is 10.0. The summed E-state index contributed by atoms with van der Waals surface area (Å²) < 4.78 is 5.39. The third kappa shape index (κ3) is 2.98. The van der Waals surface area contributed by atoms with Crippen LogP contribution in [0.1, 0.15) is 62.6 Å². The predicted molar refractivity (Wildman–Crippen MR) is 70.6 cm³/mol. The maximum absolute atomic E-state index is 9.41. The topological polar surface area (TPSA) is 62.4 Å². The summed E-state index contributed by atoms with van der Waals surface area (Å²) >= 11 is 0. The zero-order valence-electron chi connectivity index (χ0n) is 11.4. The lowest BCUT2D eigenvalue weighted by molar-refractivity contribution is 0.0749. The molecule has 1 saturated carbocycles. The number of likely N-dealkylation sites (tertiary alicyclic amines) is 1. The molecule has 106 valence electrons. The van der Waals surface area contributed by atoms with E-state index >= 15 is 0 Å². The van der Waals surface area contributed by atoms with Crippen molar-refractivity contribution in [3.63, 3.8) is 0 Å². The molecule has 5 nitrogen and oxygen atoms in total. The van der Waals surface area contributed by atoms with Crippen molar-refractivity contribution < 1.29 is 9.63 Å². The van der Waals surface area contributed by atoms with E-state index in [1.165, 1.54) is 38.5 Å². The van der Waals surface area contributed by atoms with Gasteiger partial charge in [-0.3, -0.25) is 4.90 Å². The van der Waals surface area contributed by atoms with Crippen LogP contribution in [0.2, 0.25) is 0 Å². The summed E-state index contributed by atoms with van der Waals surface area (Å²) in [5.41, 5.74) is 0. The molecular formula is C14H23N3O2. The van der Waals surface area contributed by atoms with Gasteiger partial charge in [-0.1, -0.05) is 24.4 Å². The standard InChI is InChI=1S/C14H23N3O2/c18-10-12-7-3-4-8-17(12)9-13-15-14(16-19-13)11-5-1-2-6-11/h11-12,18H,1-10H2/t12-/m1/s1. The molecule has 1 N–H and O–H groups in total. The molecule has 0 aromatic carbocycles. The van der Waals surface area contributed by atoms with Crippen LogP contribution in [0.4, 0.5) is 0 Å². The van der Waals surface area contributed by atoms with Gasteiger partial charge in [-0.05, 0) is 32.2 Å². The minimum absolute atomic E-state index is 0.226. The van der Waals surface area contributed by atoms with Gasteiger partial charge in [0, 0.05) is 12.0 Å². The molecule has 3 rings (SSSR count). The molecule has 1 atom stereocenters. The molecule has 1 aromatic heterocycles. The highest BCUT2D eigenvalue weighted by atomic mass is 16.5. The maximum atomic E-state index is 9.41. The van der Waals surface area contributed by atoms with Gasteiger partial charge in [-0.25, -0.2) is 0 Å². The Kier molecular flexibility index (Phi) is 4.13. The number of hydrogen-bond donors (Lipinski definition) is 1. The van der Waals surface area contributed by atoms with E-state index in [1.54, 1.807) is 0 Å². The number of rotatable bonds is 4. The van der Waals surface area contributed by atoms with E-state index in [0.717, 1.165) is 18.8 Å². The highest BCUT2D eigenvalue weighted by molar-refractivity contribution is 4.98. The van der Waals surface area contributed by atoms with Gasteiger partial charge >= 0.3 is 0 Å². The molecule has 1 saturated heterocycles. The SMILES string of the molecule is OC[C@H]1CCCCN1Cc1nc(C2CCCC2)no1. The van der Waals surface area contributed by atoms with E-state index in [1.807, 2.05) is 0 Å². The van der Waals surface area contributed by atoms with Crippen molar-refractivity contribution >= 4 is 0 Å². The Morgan fingerprint density at radius 2 is 1.95 bits per heavy atom. The van der Waals surface area contributed by atoms with Crippen molar-refractivity contribution in [2.75, 3.05) is 13.2 Å². The van der Waals surface area contributed by atoms with Gasteiger partial charge in [0.2, 0.25) is 5.89 Å². The van der Waals surface area contributed by atoms with E-state index in [9.17, 15) is 5.11 Å². The van der Waals surface area contributed by atoms with Gasteiger partial charge in [0.05, 0.1) is 13.2 Å². The molecule has 0 unspecified atom stereocenters. The summed E-state index contributed by atoms with van der Waals surface area (Å²) in [6, 6.07) is 0.260. The summed E-state index contributed by atoms with van der Waals surface area (Å²) in [5, 5.41) is 13.5. The van der Waals surface area contributed by atoms with Crippen LogP contribution in [0.25, 0.3) is 0 Å². The molecule has 1 aliphatic heterocycles. The van der Waals surface area contributed by atoms with E-state index < -0.39 is 0 Å². The summed E-state index contributed by atoms with van der Waals surface area (Å²) in [6.07, 6.45) is 8.43. The van der Waals surface area contributed by atoms with Gasteiger partial charge in [-0.2, -0.15) is 4.98 Å². The van der Waals surface area contributed by atoms with Crippen molar-refractivity contribution in [2.45, 2.75) is 63.5 Å². The fraction of sp³-hybridized carbons (Fsp3) is 0.857. The molecular weight excluding hydrogens is 242 g/mol. The van der Waals surface area contributed by atoms with E-state index in [4.69, 9.17) is 4.52 Å². The normalized spacial score (nSPS) is 26.1. The number of piperidine rings is 1. The van der Waals surface area contributed by atoms with Crippen LogP contribution in [0, 0.1) is 0 Å². The smallest absolute Gasteiger partial charge is 0.240 e. The monoisotopic (exact) mass is 265 g/mol. The Bertz CT molecular complexity index is 401. The fourth-order valence-electron chi connectivity index (χ4n) is 3.33.